The van der Waals surface area contributed by atoms with Crippen LogP contribution in [-0.2, 0) is 93.8 Å². The molecule has 0 saturated heterocycles. The average molecular weight is 1500 g/mol. The van der Waals surface area contributed by atoms with Gasteiger partial charge in [0.1, 0.15) is 94.7 Å². The number of carbonyl (C=O) groups excluding carboxylic acids is 4. The summed E-state index contributed by atoms with van der Waals surface area (Å²) in [6.07, 6.45) is 10.4. The number of aromatic hydroxyl groups is 4. The molecule has 1 unspecified atom stereocenters. The van der Waals surface area contributed by atoms with Crippen LogP contribution in [0.3, 0.4) is 0 Å². The third-order valence-electron chi connectivity index (χ3n) is 16.2. The summed E-state index contributed by atoms with van der Waals surface area (Å²) in [7, 11) is 9.47. The third-order valence-corrected chi connectivity index (χ3v) is 20.6. The molecule has 0 fully saturated rings. The van der Waals surface area contributed by atoms with Crippen molar-refractivity contribution in [3.05, 3.63) is 155 Å². The second kappa shape index (κ2) is 41.5. The van der Waals surface area contributed by atoms with Gasteiger partial charge in [0.05, 0.1) is 67.2 Å². The molecule has 4 aromatic carbocycles. The third kappa shape index (κ3) is 22.3. The molecule has 0 bridgehead atoms. The van der Waals surface area contributed by atoms with E-state index in [4.69, 9.17) is 59.5 Å². The highest BCUT2D eigenvalue weighted by Crippen LogP contribution is 2.50. The topological polar surface area (TPSA) is 325 Å². The molecule has 0 spiro atoms. The van der Waals surface area contributed by atoms with Crippen LogP contribution in [0.1, 0.15) is 174 Å². The van der Waals surface area contributed by atoms with Crippen molar-refractivity contribution in [2.45, 2.75) is 141 Å². The number of allylic oxidation sites excluding steroid dienone is 7. The molecule has 4 aliphatic rings. The lowest BCUT2D eigenvalue weighted by Gasteiger charge is -2.17. The Labute approximate surface area is 603 Å². The number of phenols is 4. The number of cyclic esters (lactones) is 4. The molecule has 100 heavy (non-hydrogen) atoms. The predicted octanol–water partition coefficient (Wildman–Crippen LogP) is 13.4. The molecule has 29 heteroatoms. The van der Waals surface area contributed by atoms with Gasteiger partial charge >= 0.3 is 39.1 Å². The quantitative estimate of drug-likeness (QED) is 0.00647. The number of halogens is 1. The van der Waals surface area contributed by atoms with Crippen LogP contribution >= 0.6 is 31.1 Å². The summed E-state index contributed by atoms with van der Waals surface area (Å²) in [6, 6.07) is 0. The standard InChI is InChI=1S/C20H29O7P.C18H25O7P.C15H17BrO4.C15H18O5.C3H4.B3.2H2/c1-6-26-28(23,27-7-2)11-10-13(3)8-9-15-18(21)17-16(12-25-20(17)22)14(4)19(15)24-5;1-5-25-26(21,22)9-8-11(2)6-7-13-16(19)15-14(10-24-18(15)20)12(3)17(13)23-4;2*1-8(6-16)4-5-10-13(17)12-11(7-20-15(12)18)9(2)14(10)19-3;2*1-3-2;;/h8,21H,6-7,9-12H2,1-5H3;6,19H,5,7-10H2,1-4H3,(H,21,22);4,17H,5-7H2,1-3H3;4,16-17H,5-7H2,1-3H3;1-2H2;;2*1H/b13-8+;11-6+;2*8-4+;;;;/i;;;;;;1+1D;1+1. The Bertz CT molecular complexity index is 3770. The van der Waals surface area contributed by atoms with Crippen molar-refractivity contribution in [2.75, 3.05) is 72.5 Å². The molecule has 4 heterocycles. The molecule has 23 nitrogen and oxygen atoms in total. The number of hydrogen-bond donors (Lipinski definition) is 6. The number of esters is 4. The Hall–Kier alpha value is -7.43. The van der Waals surface area contributed by atoms with E-state index in [-0.39, 0.29) is 98.6 Å². The maximum absolute atomic E-state index is 12.6. The number of carbonyl (C=O) groups is 4. The predicted molar refractivity (Wildman–Crippen MR) is 392 cm³/mol. The molecule has 0 amide bonds. The fourth-order valence-electron chi connectivity index (χ4n) is 11.0. The summed E-state index contributed by atoms with van der Waals surface area (Å²) in [5.74, 6) is -0.126. The minimum atomic E-state index is -3.57. The van der Waals surface area contributed by atoms with E-state index in [1.54, 1.807) is 40.9 Å². The summed E-state index contributed by atoms with van der Waals surface area (Å²) in [5.41, 5.74) is 15.1. The normalized spacial score (nSPS) is 14.1. The van der Waals surface area contributed by atoms with Crippen LogP contribution < -0.4 is 18.9 Å². The SMILES string of the molecule is C=C=C.CCOP(=O)(CC/C(C)=C/Cc1c(O)c2c(c(C)c1OC)COC2=O)OCC.CCOP(=O)(O)CC/C(C)=C/Cc1c(O)c2c(c(C)c1OC)COC2=O.COc1c(C)c2c(c(O)c1C/C=C(\C)CBr)C(=O)OC2.COc1c(C)c2c(c(O)c1C/C=C(\C)CO)C(=O)OC2.[2HH].[2H][2H].[B][B][B]. The molecule has 5 radical (unpaired) electrons. The lowest BCUT2D eigenvalue weighted by atomic mass is 9.40. The van der Waals surface area contributed by atoms with Crippen molar-refractivity contribution < 1.29 is 115 Å². The average Bonchev–Trinajstić information content (AvgIpc) is 1.72. The number of hydrogen-bond acceptors (Lipinski definition) is 22. The van der Waals surface area contributed by atoms with E-state index in [1.807, 2.05) is 66.7 Å². The zero-order valence-electron chi connectivity index (χ0n) is 61.9. The number of alkyl halides is 1. The summed E-state index contributed by atoms with van der Waals surface area (Å²) in [6.45, 7) is 27.8. The smallest absolute Gasteiger partial charge is 0.342 e. The second-order valence-electron chi connectivity index (χ2n) is 22.9. The van der Waals surface area contributed by atoms with Gasteiger partial charge in [-0.25, -0.2) is 19.2 Å². The lowest BCUT2D eigenvalue weighted by Crippen LogP contribution is -2.03. The van der Waals surface area contributed by atoms with Crippen LogP contribution in [0.25, 0.3) is 0 Å². The number of rotatable bonds is 26. The van der Waals surface area contributed by atoms with Gasteiger partial charge in [-0.2, -0.15) is 0 Å². The molecule has 0 saturated carbocycles. The summed E-state index contributed by atoms with van der Waals surface area (Å²) in [4.78, 5) is 56.9. The summed E-state index contributed by atoms with van der Waals surface area (Å²) in [5, 5.41) is 51.7. The molecule has 4 aliphatic heterocycles. The largest absolute Gasteiger partial charge is 0.507 e. The van der Waals surface area contributed by atoms with Crippen molar-refractivity contribution >= 4 is 77.5 Å². The van der Waals surface area contributed by atoms with Crippen molar-refractivity contribution in [3.63, 3.8) is 0 Å². The molecular formula is C71H97B3BrO23P2. The first-order chi connectivity index (χ1) is 48.3. The van der Waals surface area contributed by atoms with Crippen LogP contribution in [0.4, 0.5) is 0 Å². The van der Waals surface area contributed by atoms with E-state index in [0.29, 0.717) is 119 Å². The second-order valence-corrected chi connectivity index (χ2v) is 27.6. The van der Waals surface area contributed by atoms with E-state index in [9.17, 15) is 53.6 Å². The number of methoxy groups -OCH3 is 4. The number of phenolic OH excluding ortho intramolecular Hbond substituents is 4. The number of fused-ring (bicyclic) bond motifs is 4. The van der Waals surface area contributed by atoms with E-state index in [0.717, 1.165) is 56.9 Å². The summed E-state index contributed by atoms with van der Waals surface area (Å²) < 4.78 is 91.6. The van der Waals surface area contributed by atoms with Gasteiger partial charge in [-0.3, -0.25) is 9.13 Å². The molecule has 8 rings (SSSR count). The number of benzene rings is 4. The minimum absolute atomic E-state index is 0. The minimum Gasteiger partial charge on any atom is -0.507 e. The first kappa shape index (κ1) is 85.0. The van der Waals surface area contributed by atoms with Gasteiger partial charge in [0.25, 0.3) is 0 Å². The van der Waals surface area contributed by atoms with Crippen molar-refractivity contribution in [1.82, 2.24) is 0 Å². The van der Waals surface area contributed by atoms with E-state index in [1.165, 1.54) is 21.3 Å². The molecule has 0 aromatic heterocycles. The van der Waals surface area contributed by atoms with Gasteiger partial charge in [-0.05, 0) is 137 Å². The lowest BCUT2D eigenvalue weighted by molar-refractivity contribution is 0.0523. The number of aliphatic hydroxyl groups is 1. The Morgan fingerprint density at radius 1 is 0.530 bits per heavy atom. The van der Waals surface area contributed by atoms with Crippen molar-refractivity contribution in [1.29, 1.82) is 0 Å². The highest BCUT2D eigenvalue weighted by atomic mass is 79.9. The Kier molecular flexibility index (Phi) is 35.3. The maximum Gasteiger partial charge on any atom is 0.342 e. The van der Waals surface area contributed by atoms with E-state index >= 15 is 0 Å². The highest BCUT2D eigenvalue weighted by Gasteiger charge is 2.36. The Balaban J connectivity index is 0.000000666. The monoisotopic (exact) mass is 1490 g/mol. The van der Waals surface area contributed by atoms with E-state index in [2.05, 4.69) is 50.3 Å². The molecule has 4 aromatic rings. The van der Waals surface area contributed by atoms with Crippen LogP contribution in [0, 0.1) is 27.7 Å². The van der Waals surface area contributed by atoms with Gasteiger partial charge in [0.15, 0.2) is 0 Å². The maximum atomic E-state index is 12.6. The number of aliphatic hydroxyl groups excluding tert-OH is 1. The van der Waals surface area contributed by atoms with Crippen LogP contribution in [-0.4, -0.2) is 149 Å². The molecule has 0 aliphatic carbocycles. The first-order valence-electron chi connectivity index (χ1n) is 32.9. The van der Waals surface area contributed by atoms with Gasteiger partial charge in [-0.1, -0.05) is 75.7 Å². The summed E-state index contributed by atoms with van der Waals surface area (Å²) >= 11 is 3.38. The van der Waals surface area contributed by atoms with Crippen molar-refractivity contribution in [2.24, 2.45) is 0 Å². The Morgan fingerprint density at radius 2 is 0.780 bits per heavy atom. The Morgan fingerprint density at radius 3 is 1.02 bits per heavy atom. The van der Waals surface area contributed by atoms with Crippen LogP contribution in [0.15, 0.2) is 65.5 Å². The zero-order valence-corrected chi connectivity index (χ0v) is 63.2. The van der Waals surface area contributed by atoms with Gasteiger partial charge in [0, 0.05) is 76.8 Å². The van der Waals surface area contributed by atoms with Gasteiger partial charge in [-0.15, -0.1) is 5.73 Å². The van der Waals surface area contributed by atoms with Crippen LogP contribution in [0.2, 0.25) is 0 Å². The zero-order chi connectivity index (χ0) is 77.5. The van der Waals surface area contributed by atoms with Crippen LogP contribution in [0.5, 0.6) is 46.0 Å². The number of ether oxygens (including phenoxy) is 8. The fraction of sp³-hybridized carbons (Fsp3) is 0.451. The van der Waals surface area contributed by atoms with Gasteiger partial charge < -0.3 is 81.9 Å². The molecule has 6 N–H and O–H groups in total. The first-order valence-corrected chi connectivity index (χ1v) is 36.5. The fourth-order valence-corrected chi connectivity index (χ4v) is 14.1. The van der Waals surface area contributed by atoms with E-state index < -0.39 is 39.1 Å². The molecule has 545 valence electrons. The molecule has 1 atom stereocenters. The molecular weight excluding hydrogens is 1400 g/mol. The van der Waals surface area contributed by atoms with Crippen molar-refractivity contribution in [3.8, 4) is 46.0 Å². The highest BCUT2D eigenvalue weighted by molar-refractivity contribution is 9.09. The van der Waals surface area contributed by atoms with Gasteiger partial charge in [0.2, 0.25) is 0 Å².